The molecule has 7 heteroatoms. The molecule has 0 unspecified atom stereocenters. The minimum atomic E-state index is -0.178. The average molecular weight is 496 g/mol. The first kappa shape index (κ1) is 21.2. The van der Waals surface area contributed by atoms with Gasteiger partial charge in [0.2, 0.25) is 5.91 Å². The Balaban J connectivity index is 1.77. The summed E-state index contributed by atoms with van der Waals surface area (Å²) < 4.78 is 6.80. The molecule has 0 aliphatic carbocycles. The van der Waals surface area contributed by atoms with Crippen LogP contribution in [0.5, 0.6) is 5.75 Å². The van der Waals surface area contributed by atoms with Crippen molar-refractivity contribution in [3.05, 3.63) is 68.6 Å². The van der Waals surface area contributed by atoms with E-state index in [0.29, 0.717) is 24.4 Å². The lowest BCUT2D eigenvalue weighted by atomic mass is 10.1. The maximum absolute atomic E-state index is 12.1. The Kier molecular flexibility index (Phi) is 8.06. The van der Waals surface area contributed by atoms with E-state index in [1.54, 1.807) is 25.3 Å². The van der Waals surface area contributed by atoms with Crippen LogP contribution in [0.1, 0.15) is 21.5 Å². The largest absolute Gasteiger partial charge is 0.494 e. The van der Waals surface area contributed by atoms with Crippen molar-refractivity contribution >= 4 is 49.8 Å². The molecule has 2 rings (SSSR count). The molecule has 2 aromatic carbocycles. The first-order chi connectivity index (χ1) is 12.9. The van der Waals surface area contributed by atoms with E-state index in [1.165, 1.54) is 0 Å². The maximum atomic E-state index is 12.1. The number of methoxy groups -OCH3 is 1. The fourth-order valence-electron chi connectivity index (χ4n) is 2.41. The Hall–Kier alpha value is -2.12. The number of carbonyl (C=O) groups excluding carboxylic acids is 2. The summed E-state index contributed by atoms with van der Waals surface area (Å²) in [4.78, 5) is 24.1. The van der Waals surface area contributed by atoms with Gasteiger partial charge in [-0.1, -0.05) is 24.8 Å². The van der Waals surface area contributed by atoms with Crippen molar-refractivity contribution in [3.8, 4) is 5.75 Å². The van der Waals surface area contributed by atoms with E-state index in [9.17, 15) is 9.59 Å². The molecule has 142 valence electrons. The van der Waals surface area contributed by atoms with Crippen LogP contribution < -0.4 is 15.4 Å². The Morgan fingerprint density at radius 3 is 2.22 bits per heavy atom. The maximum Gasteiger partial charge on any atom is 0.251 e. The quantitative estimate of drug-likeness (QED) is 0.545. The van der Waals surface area contributed by atoms with Crippen molar-refractivity contribution in [2.45, 2.75) is 6.42 Å². The number of amides is 2. The molecule has 0 spiro atoms. The topological polar surface area (TPSA) is 67.4 Å². The number of hydrogen-bond donors (Lipinski definition) is 2. The predicted molar refractivity (Wildman–Crippen MR) is 114 cm³/mol. The first-order valence-electron chi connectivity index (χ1n) is 8.24. The molecule has 0 aromatic heterocycles. The highest BCUT2D eigenvalue weighted by Crippen LogP contribution is 2.34. The van der Waals surface area contributed by atoms with Gasteiger partial charge in [-0.05, 0) is 67.3 Å². The highest BCUT2D eigenvalue weighted by atomic mass is 79.9. The van der Waals surface area contributed by atoms with Crippen LogP contribution in [0.4, 0.5) is 0 Å². The third-order valence-electron chi connectivity index (χ3n) is 3.77. The second-order valence-corrected chi connectivity index (χ2v) is 7.41. The van der Waals surface area contributed by atoms with Crippen molar-refractivity contribution in [1.82, 2.24) is 10.6 Å². The molecule has 2 N–H and O–H groups in total. The third kappa shape index (κ3) is 6.22. The average Bonchev–Trinajstić information content (AvgIpc) is 2.65. The fraction of sp³-hybridized carbons (Fsp3) is 0.200. The molecule has 0 aliphatic rings. The summed E-state index contributed by atoms with van der Waals surface area (Å²) in [5.74, 6) is 0.384. The molecular formula is C20H20Br2N2O3. The molecule has 0 radical (unpaired) electrons. The van der Waals surface area contributed by atoms with Gasteiger partial charge in [0.15, 0.2) is 0 Å². The molecule has 0 saturated carbocycles. The van der Waals surface area contributed by atoms with Crippen molar-refractivity contribution < 1.29 is 14.3 Å². The lowest BCUT2D eigenvalue weighted by Crippen LogP contribution is -2.35. The molecule has 0 heterocycles. The summed E-state index contributed by atoms with van der Waals surface area (Å²) in [5, 5.41) is 5.57. The molecule has 0 saturated heterocycles. The number of ether oxygens (including phenoxy) is 1. The van der Waals surface area contributed by atoms with Crippen LogP contribution in [0.3, 0.4) is 0 Å². The van der Waals surface area contributed by atoms with Gasteiger partial charge in [0.1, 0.15) is 5.75 Å². The van der Waals surface area contributed by atoms with Crippen molar-refractivity contribution in [2.24, 2.45) is 0 Å². The van der Waals surface area contributed by atoms with Crippen LogP contribution in [0, 0.1) is 0 Å². The smallest absolute Gasteiger partial charge is 0.251 e. The predicted octanol–water partition coefficient (Wildman–Crippen LogP) is 3.95. The van der Waals surface area contributed by atoms with Gasteiger partial charge in [-0.15, -0.1) is 0 Å². The van der Waals surface area contributed by atoms with Crippen LogP contribution in [0.15, 0.2) is 51.9 Å². The van der Waals surface area contributed by atoms with E-state index in [0.717, 1.165) is 20.1 Å². The number of benzene rings is 2. The summed E-state index contributed by atoms with van der Waals surface area (Å²) in [6.07, 6.45) is 1.95. The van der Waals surface area contributed by atoms with E-state index >= 15 is 0 Å². The minimum Gasteiger partial charge on any atom is -0.494 e. The molecule has 0 atom stereocenters. The SMILES string of the molecule is C=Cc1ccc(C(=O)NCCNC(=O)Cc2cc(Br)c(OC)c(Br)c2)cc1. The van der Waals surface area contributed by atoms with Crippen molar-refractivity contribution in [1.29, 1.82) is 0 Å². The van der Waals surface area contributed by atoms with Gasteiger partial charge in [-0.3, -0.25) is 9.59 Å². The van der Waals surface area contributed by atoms with E-state index < -0.39 is 0 Å². The van der Waals surface area contributed by atoms with Gasteiger partial charge in [0.05, 0.1) is 22.5 Å². The van der Waals surface area contributed by atoms with Crippen molar-refractivity contribution in [2.75, 3.05) is 20.2 Å². The molecule has 0 fully saturated rings. The molecule has 0 bridgehead atoms. The Morgan fingerprint density at radius 1 is 1.07 bits per heavy atom. The summed E-state index contributed by atoms with van der Waals surface area (Å²) in [6, 6.07) is 10.8. The number of nitrogens with one attached hydrogen (secondary N) is 2. The number of carbonyl (C=O) groups is 2. The highest BCUT2D eigenvalue weighted by molar-refractivity contribution is 9.11. The zero-order valence-electron chi connectivity index (χ0n) is 14.9. The molecule has 2 amide bonds. The van der Waals surface area contributed by atoms with Crippen LogP contribution >= 0.6 is 31.9 Å². The number of rotatable bonds is 8. The number of halogens is 2. The second kappa shape index (κ2) is 10.3. The van der Waals surface area contributed by atoms with Crippen molar-refractivity contribution in [3.63, 3.8) is 0 Å². The monoisotopic (exact) mass is 494 g/mol. The summed E-state index contributed by atoms with van der Waals surface area (Å²) >= 11 is 6.84. The lowest BCUT2D eigenvalue weighted by Gasteiger charge is -2.10. The van der Waals surface area contributed by atoms with Gasteiger partial charge in [0, 0.05) is 18.7 Å². The minimum absolute atomic E-state index is 0.122. The normalized spacial score (nSPS) is 10.2. The van der Waals surface area contributed by atoms with Crippen LogP contribution in [-0.4, -0.2) is 32.0 Å². The van der Waals surface area contributed by atoms with E-state index in [-0.39, 0.29) is 18.2 Å². The molecule has 27 heavy (non-hydrogen) atoms. The molecular weight excluding hydrogens is 476 g/mol. The summed E-state index contributed by atoms with van der Waals surface area (Å²) in [6.45, 7) is 4.38. The molecule has 5 nitrogen and oxygen atoms in total. The van der Waals surface area contributed by atoms with Gasteiger partial charge in [0.25, 0.3) is 5.91 Å². The fourth-order valence-corrected chi connectivity index (χ4v) is 4.01. The first-order valence-corrected chi connectivity index (χ1v) is 9.82. The Morgan fingerprint density at radius 2 is 1.67 bits per heavy atom. The van der Waals surface area contributed by atoms with E-state index in [4.69, 9.17) is 4.74 Å². The summed E-state index contributed by atoms with van der Waals surface area (Å²) in [5.41, 5.74) is 2.37. The summed E-state index contributed by atoms with van der Waals surface area (Å²) in [7, 11) is 1.58. The van der Waals surface area contributed by atoms with Crippen LogP contribution in [0.25, 0.3) is 6.08 Å². The van der Waals surface area contributed by atoms with Crippen LogP contribution in [-0.2, 0) is 11.2 Å². The van der Waals surface area contributed by atoms with Crippen LogP contribution in [0.2, 0.25) is 0 Å². The standard InChI is InChI=1S/C20H20Br2N2O3/c1-3-13-4-6-15(7-5-13)20(26)24-9-8-23-18(25)12-14-10-16(21)19(27-2)17(22)11-14/h3-7,10-11H,1,8-9,12H2,2H3,(H,23,25)(H,24,26). The molecule has 2 aromatic rings. The van der Waals surface area contributed by atoms with Gasteiger partial charge >= 0.3 is 0 Å². The highest BCUT2D eigenvalue weighted by Gasteiger charge is 2.11. The Bertz CT molecular complexity index is 813. The van der Waals surface area contributed by atoms with E-state index in [1.807, 2.05) is 24.3 Å². The second-order valence-electron chi connectivity index (χ2n) is 5.70. The lowest BCUT2D eigenvalue weighted by molar-refractivity contribution is -0.120. The van der Waals surface area contributed by atoms with E-state index in [2.05, 4.69) is 49.1 Å². The molecule has 0 aliphatic heterocycles. The third-order valence-corrected chi connectivity index (χ3v) is 4.95. The number of hydrogen-bond acceptors (Lipinski definition) is 3. The van der Waals surface area contributed by atoms with Gasteiger partial charge < -0.3 is 15.4 Å². The van der Waals surface area contributed by atoms with Gasteiger partial charge in [-0.2, -0.15) is 0 Å². The zero-order valence-corrected chi connectivity index (χ0v) is 18.0. The zero-order chi connectivity index (χ0) is 19.8. The van der Waals surface area contributed by atoms with Gasteiger partial charge in [-0.25, -0.2) is 0 Å². The Labute approximate surface area is 175 Å².